The van der Waals surface area contributed by atoms with Crippen LogP contribution in [0.25, 0.3) is 15.9 Å². The molecule has 2 aromatic carbocycles. The molecule has 4 aromatic rings. The van der Waals surface area contributed by atoms with Gasteiger partial charge in [-0.3, -0.25) is 4.79 Å². The summed E-state index contributed by atoms with van der Waals surface area (Å²) in [7, 11) is 3.08. The minimum Gasteiger partial charge on any atom is -0.493 e. The maximum Gasteiger partial charge on any atom is 0.283 e. The van der Waals surface area contributed by atoms with E-state index in [0.29, 0.717) is 32.5 Å². The number of fused-ring (bicyclic) bond motifs is 2. The molecule has 0 fully saturated rings. The number of nitrogens with one attached hydrogen (secondary N) is 1. The molecule has 0 bridgehead atoms. The van der Waals surface area contributed by atoms with Gasteiger partial charge >= 0.3 is 0 Å². The molecule has 0 aliphatic carbocycles. The normalized spacial score (nSPS) is 11.1. The molecule has 0 unspecified atom stereocenters. The summed E-state index contributed by atoms with van der Waals surface area (Å²) in [5.41, 5.74) is 2.45. The number of methoxy groups -OCH3 is 2. The van der Waals surface area contributed by atoms with E-state index in [1.165, 1.54) is 28.5 Å². The first kappa shape index (κ1) is 17.3. The van der Waals surface area contributed by atoms with E-state index in [-0.39, 0.29) is 5.56 Å². The summed E-state index contributed by atoms with van der Waals surface area (Å²) in [6.45, 7) is 2.10. The van der Waals surface area contributed by atoms with Crippen LogP contribution < -0.4 is 20.3 Å². The standard InChI is InChI=1S/C19H18N4O3S/c1-4-11-7-5-6-8-13(11)20-18-22-23-17(24)12-9-15(25-2)16(26-3)10-14(12)21-19(23)27-18/h5-10H,4H2,1-3H3,(H,20,22). The fraction of sp³-hybridized carbons (Fsp3) is 0.211. The van der Waals surface area contributed by atoms with Crippen molar-refractivity contribution >= 4 is 38.0 Å². The number of ether oxygens (including phenoxy) is 2. The number of rotatable bonds is 5. The molecule has 0 saturated carbocycles. The summed E-state index contributed by atoms with van der Waals surface area (Å²) in [4.78, 5) is 18.0. The average Bonchev–Trinajstić information content (AvgIpc) is 3.10. The monoisotopic (exact) mass is 382 g/mol. The minimum absolute atomic E-state index is 0.246. The van der Waals surface area contributed by atoms with E-state index in [1.807, 2.05) is 18.2 Å². The van der Waals surface area contributed by atoms with Crippen molar-refractivity contribution < 1.29 is 9.47 Å². The third kappa shape index (κ3) is 2.97. The maximum absolute atomic E-state index is 12.9. The molecule has 0 radical (unpaired) electrons. The molecular formula is C19H18N4O3S. The number of anilines is 2. The van der Waals surface area contributed by atoms with E-state index in [9.17, 15) is 4.79 Å². The zero-order chi connectivity index (χ0) is 19.0. The Morgan fingerprint density at radius 3 is 2.63 bits per heavy atom. The van der Waals surface area contributed by atoms with E-state index in [0.717, 1.165) is 12.1 Å². The van der Waals surface area contributed by atoms with Crippen molar-refractivity contribution in [2.45, 2.75) is 13.3 Å². The fourth-order valence-corrected chi connectivity index (χ4v) is 3.76. The number of nitrogens with zero attached hydrogens (tertiary/aromatic N) is 3. The molecule has 27 heavy (non-hydrogen) atoms. The lowest BCUT2D eigenvalue weighted by atomic mass is 10.1. The first-order valence-electron chi connectivity index (χ1n) is 8.45. The van der Waals surface area contributed by atoms with Gasteiger partial charge in [0.1, 0.15) is 0 Å². The van der Waals surface area contributed by atoms with Gasteiger partial charge in [0.2, 0.25) is 10.1 Å². The second kappa shape index (κ2) is 6.88. The van der Waals surface area contributed by atoms with Gasteiger partial charge < -0.3 is 14.8 Å². The molecule has 1 N–H and O–H groups in total. The molecule has 4 rings (SSSR count). The summed E-state index contributed by atoms with van der Waals surface area (Å²) in [5.74, 6) is 1.01. The lowest BCUT2D eigenvalue weighted by Crippen LogP contribution is -2.15. The zero-order valence-corrected chi connectivity index (χ0v) is 16.0. The number of aryl methyl sites for hydroxylation is 1. The van der Waals surface area contributed by atoms with Crippen LogP contribution in [-0.2, 0) is 6.42 Å². The molecule has 2 aromatic heterocycles. The van der Waals surface area contributed by atoms with Crippen LogP contribution in [0, 0.1) is 0 Å². The molecule has 8 heteroatoms. The molecule has 7 nitrogen and oxygen atoms in total. The smallest absolute Gasteiger partial charge is 0.283 e. The van der Waals surface area contributed by atoms with Gasteiger partial charge in [-0.2, -0.15) is 4.52 Å². The summed E-state index contributed by atoms with van der Waals surface area (Å²) < 4.78 is 11.9. The largest absolute Gasteiger partial charge is 0.493 e. The van der Waals surface area contributed by atoms with Crippen molar-refractivity contribution in [3.8, 4) is 11.5 Å². The highest BCUT2D eigenvalue weighted by atomic mass is 32.1. The Kier molecular flexibility index (Phi) is 4.41. The Morgan fingerprint density at radius 2 is 1.89 bits per heavy atom. The number of benzene rings is 2. The van der Waals surface area contributed by atoms with Crippen LogP contribution in [0.2, 0.25) is 0 Å². The van der Waals surface area contributed by atoms with Gasteiger partial charge in [-0.05, 0) is 24.1 Å². The van der Waals surface area contributed by atoms with Crippen LogP contribution in [0.5, 0.6) is 11.5 Å². The molecule has 0 aliphatic rings. The molecule has 138 valence electrons. The van der Waals surface area contributed by atoms with Gasteiger partial charge in [0.25, 0.3) is 5.56 Å². The summed E-state index contributed by atoms with van der Waals surface area (Å²) >= 11 is 1.32. The molecule has 0 aliphatic heterocycles. The van der Waals surface area contributed by atoms with Crippen LogP contribution in [-0.4, -0.2) is 28.8 Å². The predicted molar refractivity (Wildman–Crippen MR) is 107 cm³/mol. The molecule has 0 saturated heterocycles. The Bertz CT molecular complexity index is 1200. The third-order valence-corrected chi connectivity index (χ3v) is 5.16. The minimum atomic E-state index is -0.246. The summed E-state index contributed by atoms with van der Waals surface area (Å²) in [5, 5.41) is 8.74. The van der Waals surface area contributed by atoms with Gasteiger partial charge in [-0.1, -0.05) is 36.5 Å². The lowest BCUT2D eigenvalue weighted by molar-refractivity contribution is 0.355. The Morgan fingerprint density at radius 1 is 1.15 bits per heavy atom. The second-order valence-corrected chi connectivity index (χ2v) is 6.83. The highest BCUT2D eigenvalue weighted by Gasteiger charge is 2.15. The van der Waals surface area contributed by atoms with Crippen molar-refractivity contribution in [2.24, 2.45) is 0 Å². The maximum atomic E-state index is 12.9. The predicted octanol–water partition coefficient (Wildman–Crippen LogP) is 3.63. The Labute approximate surface area is 159 Å². The van der Waals surface area contributed by atoms with Crippen molar-refractivity contribution in [1.82, 2.24) is 14.6 Å². The second-order valence-electron chi connectivity index (χ2n) is 5.88. The van der Waals surface area contributed by atoms with Gasteiger partial charge in [0.15, 0.2) is 11.5 Å². The van der Waals surface area contributed by atoms with Crippen molar-refractivity contribution in [1.29, 1.82) is 0 Å². The molecule has 0 atom stereocenters. The van der Waals surface area contributed by atoms with E-state index in [4.69, 9.17) is 9.47 Å². The SMILES string of the molecule is CCc1ccccc1Nc1nn2c(=O)c3cc(OC)c(OC)cc3nc2s1. The first-order valence-corrected chi connectivity index (χ1v) is 9.26. The van der Waals surface area contributed by atoms with Crippen LogP contribution in [0.15, 0.2) is 41.2 Å². The topological polar surface area (TPSA) is 77.8 Å². The lowest BCUT2D eigenvalue weighted by Gasteiger charge is -2.08. The molecule has 2 heterocycles. The third-order valence-electron chi connectivity index (χ3n) is 4.34. The van der Waals surface area contributed by atoms with Crippen LogP contribution in [0.4, 0.5) is 10.8 Å². The van der Waals surface area contributed by atoms with Gasteiger partial charge in [0.05, 0.1) is 25.1 Å². The van der Waals surface area contributed by atoms with E-state index in [2.05, 4.69) is 28.4 Å². The van der Waals surface area contributed by atoms with E-state index < -0.39 is 0 Å². The zero-order valence-electron chi connectivity index (χ0n) is 15.1. The highest BCUT2D eigenvalue weighted by molar-refractivity contribution is 7.20. The van der Waals surface area contributed by atoms with Gasteiger partial charge in [-0.15, -0.1) is 5.10 Å². The first-order chi connectivity index (χ1) is 13.1. The average molecular weight is 382 g/mol. The van der Waals surface area contributed by atoms with E-state index >= 15 is 0 Å². The van der Waals surface area contributed by atoms with E-state index in [1.54, 1.807) is 19.2 Å². The van der Waals surface area contributed by atoms with Crippen molar-refractivity contribution in [3.63, 3.8) is 0 Å². The van der Waals surface area contributed by atoms with Crippen LogP contribution in [0.1, 0.15) is 12.5 Å². The molecule has 0 spiro atoms. The number of hydrogen-bond donors (Lipinski definition) is 1. The highest BCUT2D eigenvalue weighted by Crippen LogP contribution is 2.31. The van der Waals surface area contributed by atoms with Crippen LogP contribution in [0.3, 0.4) is 0 Å². The molecule has 0 amide bonds. The van der Waals surface area contributed by atoms with Gasteiger partial charge in [0, 0.05) is 11.8 Å². The number of aromatic nitrogens is 3. The number of hydrogen-bond acceptors (Lipinski definition) is 7. The van der Waals surface area contributed by atoms with Crippen molar-refractivity contribution in [3.05, 3.63) is 52.3 Å². The van der Waals surface area contributed by atoms with Gasteiger partial charge in [-0.25, -0.2) is 4.98 Å². The number of para-hydroxylation sites is 1. The Hall–Kier alpha value is -3.13. The fourth-order valence-electron chi connectivity index (χ4n) is 2.95. The quantitative estimate of drug-likeness (QED) is 0.568. The van der Waals surface area contributed by atoms with Crippen molar-refractivity contribution in [2.75, 3.05) is 19.5 Å². The molecular weight excluding hydrogens is 364 g/mol. The summed E-state index contributed by atoms with van der Waals surface area (Å²) in [6, 6.07) is 11.4. The Balaban J connectivity index is 1.85. The summed E-state index contributed by atoms with van der Waals surface area (Å²) in [6.07, 6.45) is 0.899. The van der Waals surface area contributed by atoms with Crippen LogP contribution >= 0.6 is 11.3 Å².